The maximum Gasteiger partial charge on any atom is 0.138 e. The molecule has 1 aliphatic carbocycles. The lowest BCUT2D eigenvalue weighted by Gasteiger charge is -2.16. The maximum absolute atomic E-state index is 8.78. The van der Waals surface area contributed by atoms with Gasteiger partial charge in [0.15, 0.2) is 0 Å². The minimum absolute atomic E-state index is 0.0464. The zero-order chi connectivity index (χ0) is 17.8. The van der Waals surface area contributed by atoms with E-state index in [0.717, 1.165) is 16.0 Å². The topological polar surface area (TPSA) is 67.3 Å². The summed E-state index contributed by atoms with van der Waals surface area (Å²) in [6, 6.07) is 6.86. The van der Waals surface area contributed by atoms with Crippen LogP contribution in [0.4, 0.5) is 5.82 Å². The van der Waals surface area contributed by atoms with Crippen molar-refractivity contribution in [1.82, 2.24) is 9.97 Å². The Balaban J connectivity index is 1.63. The van der Waals surface area contributed by atoms with Crippen molar-refractivity contribution in [3.63, 3.8) is 0 Å². The number of anilines is 1. The number of aliphatic hydroxyl groups excluding tert-OH is 1. The van der Waals surface area contributed by atoms with Gasteiger partial charge >= 0.3 is 0 Å². The van der Waals surface area contributed by atoms with Crippen LogP contribution < -0.4 is 5.32 Å². The molecule has 0 saturated heterocycles. The lowest BCUT2D eigenvalue weighted by atomic mass is 9.89. The molecule has 26 heavy (non-hydrogen) atoms. The minimum atomic E-state index is 0.0464. The first-order valence-electron chi connectivity index (χ1n) is 9.13. The second kappa shape index (κ2) is 8.12. The molecule has 6 heteroatoms. The molecule has 2 N–H and O–H groups in total. The van der Waals surface area contributed by atoms with Crippen molar-refractivity contribution >= 4 is 27.4 Å². The summed E-state index contributed by atoms with van der Waals surface area (Å²) in [5.74, 6) is 0.844. The molecule has 1 aliphatic rings. The van der Waals surface area contributed by atoms with Crippen LogP contribution in [0.15, 0.2) is 29.9 Å². The van der Waals surface area contributed by atoms with E-state index in [-0.39, 0.29) is 6.61 Å². The van der Waals surface area contributed by atoms with Crippen molar-refractivity contribution < 1.29 is 9.84 Å². The fraction of sp³-hybridized carbons (Fsp3) is 0.400. The smallest absolute Gasteiger partial charge is 0.138 e. The molecule has 1 aromatic carbocycles. The average Bonchev–Trinajstić information content (AvgIpc) is 3.12. The Morgan fingerprint density at radius 3 is 2.88 bits per heavy atom. The van der Waals surface area contributed by atoms with E-state index in [0.29, 0.717) is 19.8 Å². The molecule has 0 atom stereocenters. The van der Waals surface area contributed by atoms with Crippen molar-refractivity contribution in [3.05, 3.63) is 41.0 Å². The van der Waals surface area contributed by atoms with Gasteiger partial charge in [-0.05, 0) is 42.4 Å². The summed E-state index contributed by atoms with van der Waals surface area (Å²) in [6.07, 6.45) is 6.56. The Morgan fingerprint density at radius 2 is 2.00 bits per heavy atom. The van der Waals surface area contributed by atoms with Crippen LogP contribution in [-0.4, -0.2) is 41.4 Å². The van der Waals surface area contributed by atoms with Crippen LogP contribution in [0.25, 0.3) is 21.3 Å². The van der Waals surface area contributed by atoms with Crippen LogP contribution in [-0.2, 0) is 17.6 Å². The van der Waals surface area contributed by atoms with Gasteiger partial charge in [-0.3, -0.25) is 0 Å². The predicted molar refractivity (Wildman–Crippen MR) is 106 cm³/mol. The largest absolute Gasteiger partial charge is 0.394 e. The van der Waals surface area contributed by atoms with Gasteiger partial charge in [0.25, 0.3) is 0 Å². The highest BCUT2D eigenvalue weighted by atomic mass is 32.1. The third-order valence-electron chi connectivity index (χ3n) is 4.80. The van der Waals surface area contributed by atoms with Crippen LogP contribution in [0.3, 0.4) is 0 Å². The van der Waals surface area contributed by atoms with Gasteiger partial charge in [-0.25, -0.2) is 9.97 Å². The lowest BCUT2D eigenvalue weighted by Crippen LogP contribution is -2.12. The standard InChI is InChI=1S/C20H23N3O2S/c24-8-10-25-9-7-21-19-18-17(12-26-20(18)23-13-22-19)16-6-5-14-3-1-2-4-15(14)11-16/h5-6,11-13,24H,1-4,7-10H2,(H,21,22,23). The van der Waals surface area contributed by atoms with Crippen molar-refractivity contribution in [2.75, 3.05) is 31.7 Å². The van der Waals surface area contributed by atoms with Crippen molar-refractivity contribution in [3.8, 4) is 11.1 Å². The zero-order valence-electron chi connectivity index (χ0n) is 14.7. The molecule has 0 saturated carbocycles. The van der Waals surface area contributed by atoms with Gasteiger partial charge in [0.05, 0.1) is 25.2 Å². The Morgan fingerprint density at radius 1 is 1.12 bits per heavy atom. The van der Waals surface area contributed by atoms with Gasteiger partial charge < -0.3 is 15.2 Å². The molecule has 0 radical (unpaired) electrons. The third kappa shape index (κ3) is 3.58. The molecule has 0 spiro atoms. The Bertz CT molecular complexity index is 894. The first kappa shape index (κ1) is 17.4. The van der Waals surface area contributed by atoms with Crippen LogP contribution in [0.2, 0.25) is 0 Å². The Hall–Kier alpha value is -2.02. The number of aliphatic hydroxyl groups is 1. The highest BCUT2D eigenvalue weighted by molar-refractivity contribution is 7.17. The number of benzene rings is 1. The number of hydrogen-bond acceptors (Lipinski definition) is 6. The SMILES string of the molecule is OCCOCCNc1ncnc2scc(-c3ccc4c(c3)CCCC4)c12. The summed E-state index contributed by atoms with van der Waals surface area (Å²) in [5, 5.41) is 15.4. The molecule has 136 valence electrons. The van der Waals surface area contributed by atoms with Gasteiger partial charge in [-0.1, -0.05) is 18.2 Å². The number of fused-ring (bicyclic) bond motifs is 2. The van der Waals surface area contributed by atoms with Crippen LogP contribution in [0, 0.1) is 0 Å². The number of rotatable bonds is 7. The van der Waals surface area contributed by atoms with E-state index < -0.39 is 0 Å². The summed E-state index contributed by atoms with van der Waals surface area (Å²) in [7, 11) is 0. The molecule has 0 bridgehead atoms. The highest BCUT2D eigenvalue weighted by Gasteiger charge is 2.15. The quantitative estimate of drug-likeness (QED) is 0.622. The van der Waals surface area contributed by atoms with Gasteiger partial charge in [0.1, 0.15) is 17.0 Å². The van der Waals surface area contributed by atoms with Gasteiger partial charge in [0, 0.05) is 17.5 Å². The van der Waals surface area contributed by atoms with E-state index in [1.165, 1.54) is 47.9 Å². The number of aryl methyl sites for hydroxylation is 2. The maximum atomic E-state index is 8.78. The van der Waals surface area contributed by atoms with Crippen LogP contribution in [0.5, 0.6) is 0 Å². The van der Waals surface area contributed by atoms with E-state index in [1.54, 1.807) is 17.7 Å². The van der Waals surface area contributed by atoms with Gasteiger partial charge in [-0.15, -0.1) is 11.3 Å². The highest BCUT2D eigenvalue weighted by Crippen LogP contribution is 2.37. The zero-order valence-corrected chi connectivity index (χ0v) is 15.5. The molecule has 0 fully saturated rings. The number of nitrogens with one attached hydrogen (secondary N) is 1. The summed E-state index contributed by atoms with van der Waals surface area (Å²) >= 11 is 1.65. The predicted octanol–water partition coefficient (Wildman–Crippen LogP) is 3.66. The molecular weight excluding hydrogens is 346 g/mol. The molecule has 4 rings (SSSR count). The van der Waals surface area contributed by atoms with E-state index in [9.17, 15) is 0 Å². The normalized spacial score (nSPS) is 13.7. The van der Waals surface area contributed by atoms with Gasteiger partial charge in [0.2, 0.25) is 0 Å². The van der Waals surface area contributed by atoms with E-state index >= 15 is 0 Å². The molecule has 5 nitrogen and oxygen atoms in total. The second-order valence-electron chi connectivity index (χ2n) is 6.51. The summed E-state index contributed by atoms with van der Waals surface area (Å²) < 4.78 is 5.32. The number of hydrogen-bond donors (Lipinski definition) is 2. The summed E-state index contributed by atoms with van der Waals surface area (Å²) in [4.78, 5) is 9.88. The van der Waals surface area contributed by atoms with Crippen molar-refractivity contribution in [2.45, 2.75) is 25.7 Å². The average molecular weight is 369 g/mol. The van der Waals surface area contributed by atoms with Crippen molar-refractivity contribution in [2.24, 2.45) is 0 Å². The fourth-order valence-corrected chi connectivity index (χ4v) is 4.45. The number of nitrogens with zero attached hydrogens (tertiary/aromatic N) is 2. The monoisotopic (exact) mass is 369 g/mol. The first-order chi connectivity index (χ1) is 12.9. The Labute approximate surface area is 157 Å². The summed E-state index contributed by atoms with van der Waals surface area (Å²) in [6.45, 7) is 1.58. The van der Waals surface area contributed by atoms with E-state index in [1.807, 2.05) is 0 Å². The molecule has 0 aliphatic heterocycles. The molecule has 2 heterocycles. The number of aromatic nitrogens is 2. The molecular formula is C20H23N3O2S. The lowest BCUT2D eigenvalue weighted by molar-refractivity contribution is 0.0992. The van der Waals surface area contributed by atoms with Crippen molar-refractivity contribution in [1.29, 1.82) is 0 Å². The molecule has 0 amide bonds. The summed E-state index contributed by atoms with van der Waals surface area (Å²) in [5.41, 5.74) is 5.41. The molecule has 2 aromatic heterocycles. The van der Waals surface area contributed by atoms with E-state index in [4.69, 9.17) is 9.84 Å². The molecule has 3 aromatic rings. The molecule has 0 unspecified atom stereocenters. The second-order valence-corrected chi connectivity index (χ2v) is 7.36. The van der Waals surface area contributed by atoms with Gasteiger partial charge in [-0.2, -0.15) is 0 Å². The minimum Gasteiger partial charge on any atom is -0.394 e. The third-order valence-corrected chi connectivity index (χ3v) is 5.69. The van der Waals surface area contributed by atoms with E-state index in [2.05, 4.69) is 38.9 Å². The van der Waals surface area contributed by atoms with Crippen LogP contribution in [0.1, 0.15) is 24.0 Å². The number of thiophene rings is 1. The Kier molecular flexibility index (Phi) is 5.43. The van der Waals surface area contributed by atoms with Crippen LogP contribution >= 0.6 is 11.3 Å². The first-order valence-corrected chi connectivity index (χ1v) is 10.0. The fourth-order valence-electron chi connectivity index (χ4n) is 3.53. The number of ether oxygens (including phenoxy) is 1.